The number of anilines is 2. The molecule has 3 heterocycles. The lowest BCUT2D eigenvalue weighted by atomic mass is 10.0. The molecule has 0 bridgehead atoms. The van der Waals surface area contributed by atoms with Gasteiger partial charge in [0.05, 0.1) is 4.90 Å². The number of sulfonamides is 1. The van der Waals surface area contributed by atoms with Crippen molar-refractivity contribution in [2.24, 2.45) is 0 Å². The van der Waals surface area contributed by atoms with E-state index in [1.807, 2.05) is 25.1 Å². The molecule has 2 fully saturated rings. The largest absolute Gasteiger partial charge is 0.352 e. The molecule has 2 aromatic rings. The van der Waals surface area contributed by atoms with E-state index in [4.69, 9.17) is 0 Å². The summed E-state index contributed by atoms with van der Waals surface area (Å²) in [5, 5.41) is 8.89. The number of nitrogens with zero attached hydrogens (tertiary/aromatic N) is 5. The Labute approximate surface area is 173 Å². The maximum absolute atomic E-state index is 12.9. The van der Waals surface area contributed by atoms with Gasteiger partial charge in [-0.3, -0.25) is 0 Å². The van der Waals surface area contributed by atoms with Crippen molar-refractivity contribution in [1.29, 1.82) is 0 Å². The zero-order valence-electron chi connectivity index (χ0n) is 17.2. The van der Waals surface area contributed by atoms with Crippen molar-refractivity contribution < 1.29 is 8.42 Å². The van der Waals surface area contributed by atoms with Crippen molar-refractivity contribution in [3.8, 4) is 0 Å². The highest BCUT2D eigenvalue weighted by molar-refractivity contribution is 7.89. The molecule has 0 N–H and O–H groups in total. The fraction of sp³-hybridized carbons (Fsp3) is 0.524. The first-order valence-electron chi connectivity index (χ1n) is 10.4. The molecule has 0 amide bonds. The third kappa shape index (κ3) is 4.23. The Bertz CT molecular complexity index is 940. The quantitative estimate of drug-likeness (QED) is 0.765. The van der Waals surface area contributed by atoms with Crippen molar-refractivity contribution in [2.75, 3.05) is 42.5 Å². The van der Waals surface area contributed by atoms with E-state index in [2.05, 4.69) is 26.9 Å². The van der Waals surface area contributed by atoms with Crippen LogP contribution in [0.4, 0.5) is 11.6 Å². The van der Waals surface area contributed by atoms with Gasteiger partial charge in [0.25, 0.3) is 0 Å². The minimum Gasteiger partial charge on any atom is -0.352 e. The number of piperidine rings is 1. The molecular weight excluding hydrogens is 386 g/mol. The van der Waals surface area contributed by atoms with E-state index in [9.17, 15) is 8.42 Å². The highest BCUT2D eigenvalue weighted by atomic mass is 32.2. The number of hydrogen-bond donors (Lipinski definition) is 0. The minimum atomic E-state index is -3.45. The fourth-order valence-electron chi connectivity index (χ4n) is 4.16. The van der Waals surface area contributed by atoms with Gasteiger partial charge in [0.1, 0.15) is 0 Å². The van der Waals surface area contributed by atoms with Crippen LogP contribution in [-0.4, -0.2) is 61.7 Å². The second-order valence-electron chi connectivity index (χ2n) is 8.00. The normalized spacial score (nSPS) is 21.4. The van der Waals surface area contributed by atoms with Gasteiger partial charge in [-0.05, 0) is 62.9 Å². The summed E-state index contributed by atoms with van der Waals surface area (Å²) in [4.78, 5) is 4.80. The van der Waals surface area contributed by atoms with Gasteiger partial charge in [0.15, 0.2) is 11.6 Å². The lowest BCUT2D eigenvalue weighted by Crippen LogP contribution is -2.49. The molecule has 2 aliphatic heterocycles. The van der Waals surface area contributed by atoms with Crippen LogP contribution in [0.3, 0.4) is 0 Å². The summed E-state index contributed by atoms with van der Waals surface area (Å²) in [6.45, 7) is 7.29. The summed E-state index contributed by atoms with van der Waals surface area (Å²) < 4.78 is 27.4. The summed E-state index contributed by atoms with van der Waals surface area (Å²) >= 11 is 0. The Morgan fingerprint density at radius 3 is 2.31 bits per heavy atom. The molecule has 1 atom stereocenters. The molecule has 0 radical (unpaired) electrons. The molecule has 1 aromatic carbocycles. The van der Waals surface area contributed by atoms with Crippen LogP contribution >= 0.6 is 0 Å². The van der Waals surface area contributed by atoms with Crippen LogP contribution in [0, 0.1) is 6.92 Å². The van der Waals surface area contributed by atoms with E-state index in [0.717, 1.165) is 23.7 Å². The van der Waals surface area contributed by atoms with Crippen LogP contribution < -0.4 is 9.80 Å². The summed E-state index contributed by atoms with van der Waals surface area (Å²) in [7, 11) is -3.45. The van der Waals surface area contributed by atoms with E-state index in [1.54, 1.807) is 22.5 Å². The molecule has 2 saturated heterocycles. The fourth-order valence-corrected chi connectivity index (χ4v) is 5.69. The molecule has 29 heavy (non-hydrogen) atoms. The smallest absolute Gasteiger partial charge is 0.243 e. The van der Waals surface area contributed by atoms with Gasteiger partial charge in [-0.25, -0.2) is 8.42 Å². The number of rotatable bonds is 4. The van der Waals surface area contributed by atoms with Gasteiger partial charge >= 0.3 is 0 Å². The second-order valence-corrected chi connectivity index (χ2v) is 9.93. The van der Waals surface area contributed by atoms with E-state index < -0.39 is 10.0 Å². The van der Waals surface area contributed by atoms with Crippen LogP contribution in [0.15, 0.2) is 41.3 Å². The Morgan fingerprint density at radius 1 is 0.931 bits per heavy atom. The standard InChI is InChI=1S/C21H29N5O2S/c1-17-6-5-8-19(16-17)29(27,28)25-14-12-24(13-15-25)20-9-10-21(23-22-20)26-11-4-3-7-18(26)2/h5-6,8-10,16,18H,3-4,7,11-15H2,1-2H3. The molecule has 1 unspecified atom stereocenters. The number of benzene rings is 1. The molecule has 4 rings (SSSR count). The van der Waals surface area contributed by atoms with Gasteiger partial charge < -0.3 is 9.80 Å². The Morgan fingerprint density at radius 2 is 1.66 bits per heavy atom. The lowest BCUT2D eigenvalue weighted by molar-refractivity contribution is 0.383. The molecule has 0 aliphatic carbocycles. The van der Waals surface area contributed by atoms with Gasteiger partial charge in [-0.2, -0.15) is 4.31 Å². The zero-order valence-corrected chi connectivity index (χ0v) is 18.0. The number of piperazine rings is 1. The predicted octanol–water partition coefficient (Wildman–Crippen LogP) is 2.67. The molecule has 0 saturated carbocycles. The van der Waals surface area contributed by atoms with E-state index >= 15 is 0 Å². The van der Waals surface area contributed by atoms with E-state index in [0.29, 0.717) is 37.1 Å². The third-order valence-corrected chi connectivity index (χ3v) is 7.82. The van der Waals surface area contributed by atoms with Crippen molar-refractivity contribution in [3.05, 3.63) is 42.0 Å². The second kappa shape index (κ2) is 8.28. The van der Waals surface area contributed by atoms with E-state index in [1.165, 1.54) is 19.3 Å². The number of aromatic nitrogens is 2. The van der Waals surface area contributed by atoms with E-state index in [-0.39, 0.29) is 0 Å². The number of hydrogen-bond acceptors (Lipinski definition) is 6. The number of aryl methyl sites for hydroxylation is 1. The molecule has 1 aromatic heterocycles. The lowest BCUT2D eigenvalue weighted by Gasteiger charge is -2.35. The average molecular weight is 416 g/mol. The highest BCUT2D eigenvalue weighted by Crippen LogP contribution is 2.24. The summed E-state index contributed by atoms with van der Waals surface area (Å²) in [6.07, 6.45) is 3.67. The van der Waals surface area contributed by atoms with Crippen LogP contribution in [0.2, 0.25) is 0 Å². The van der Waals surface area contributed by atoms with Crippen molar-refractivity contribution in [2.45, 2.75) is 44.0 Å². The summed E-state index contributed by atoms with van der Waals surface area (Å²) in [6, 6.07) is 11.6. The molecule has 2 aliphatic rings. The van der Waals surface area contributed by atoms with Crippen LogP contribution in [0.5, 0.6) is 0 Å². The molecular formula is C21H29N5O2S. The van der Waals surface area contributed by atoms with Crippen LogP contribution in [-0.2, 0) is 10.0 Å². The van der Waals surface area contributed by atoms with Crippen molar-refractivity contribution >= 4 is 21.7 Å². The third-order valence-electron chi connectivity index (χ3n) is 5.92. The van der Waals surface area contributed by atoms with Crippen LogP contribution in [0.25, 0.3) is 0 Å². The minimum absolute atomic E-state index is 0.366. The Hall–Kier alpha value is -2.19. The SMILES string of the molecule is Cc1cccc(S(=O)(=O)N2CCN(c3ccc(N4CCCCC4C)nn3)CC2)c1. The Kier molecular flexibility index (Phi) is 5.74. The maximum Gasteiger partial charge on any atom is 0.243 e. The summed E-state index contributed by atoms with van der Waals surface area (Å²) in [5.41, 5.74) is 0.947. The molecule has 0 spiro atoms. The molecule has 156 valence electrons. The van der Waals surface area contributed by atoms with Gasteiger partial charge in [0.2, 0.25) is 10.0 Å². The summed E-state index contributed by atoms with van der Waals surface area (Å²) in [5.74, 6) is 1.74. The predicted molar refractivity (Wildman–Crippen MR) is 115 cm³/mol. The first-order chi connectivity index (χ1) is 13.9. The first kappa shape index (κ1) is 20.1. The highest BCUT2D eigenvalue weighted by Gasteiger charge is 2.29. The zero-order chi connectivity index (χ0) is 20.4. The van der Waals surface area contributed by atoms with Gasteiger partial charge in [-0.1, -0.05) is 12.1 Å². The first-order valence-corrected chi connectivity index (χ1v) is 11.8. The van der Waals surface area contributed by atoms with Crippen LogP contribution in [0.1, 0.15) is 31.7 Å². The average Bonchev–Trinajstić information content (AvgIpc) is 2.74. The monoisotopic (exact) mass is 415 g/mol. The van der Waals surface area contributed by atoms with Gasteiger partial charge in [-0.15, -0.1) is 10.2 Å². The molecule has 7 nitrogen and oxygen atoms in total. The van der Waals surface area contributed by atoms with Gasteiger partial charge in [0, 0.05) is 38.8 Å². The van der Waals surface area contributed by atoms with Crippen molar-refractivity contribution in [3.63, 3.8) is 0 Å². The van der Waals surface area contributed by atoms with Crippen molar-refractivity contribution in [1.82, 2.24) is 14.5 Å². The molecule has 8 heteroatoms. The Balaban J connectivity index is 1.40. The maximum atomic E-state index is 12.9. The topological polar surface area (TPSA) is 69.6 Å².